The lowest BCUT2D eigenvalue weighted by Gasteiger charge is -2.38. The second kappa shape index (κ2) is 9.92. The molecular formula is C23H37NO6. The molecule has 2 N–H and O–H groups in total. The van der Waals surface area contributed by atoms with Crippen LogP contribution in [0.3, 0.4) is 0 Å². The molecule has 1 spiro atoms. The van der Waals surface area contributed by atoms with Gasteiger partial charge in [0, 0.05) is 25.7 Å². The summed E-state index contributed by atoms with van der Waals surface area (Å²) in [5.41, 5.74) is 1.00. The number of hydrogen-bond acceptors (Lipinski definition) is 6. The number of ether oxygens (including phenoxy) is 4. The Morgan fingerprint density at radius 1 is 1.30 bits per heavy atom. The number of aliphatic hydroxyl groups is 1. The third-order valence-electron chi connectivity index (χ3n) is 5.67. The van der Waals surface area contributed by atoms with E-state index in [1.165, 1.54) is 0 Å². The second-order valence-corrected chi connectivity index (χ2v) is 9.56. The van der Waals surface area contributed by atoms with Crippen LogP contribution in [0, 0.1) is 0 Å². The van der Waals surface area contributed by atoms with Gasteiger partial charge in [-0.1, -0.05) is 23.8 Å². The number of nitrogens with one attached hydrogen (secondary N) is 1. The molecule has 0 aliphatic carbocycles. The molecule has 7 heteroatoms. The Labute approximate surface area is 179 Å². The molecular weight excluding hydrogens is 386 g/mol. The van der Waals surface area contributed by atoms with E-state index in [1.54, 1.807) is 6.92 Å². The van der Waals surface area contributed by atoms with Crippen molar-refractivity contribution < 1.29 is 28.8 Å². The number of carbonyl (C=O) groups excluding carboxylic acids is 1. The number of carbonyl (C=O) groups is 1. The fourth-order valence-electron chi connectivity index (χ4n) is 4.15. The molecule has 1 amide bonds. The van der Waals surface area contributed by atoms with Crippen molar-refractivity contribution >= 4 is 5.91 Å². The Morgan fingerprint density at radius 2 is 2.00 bits per heavy atom. The van der Waals surface area contributed by atoms with Gasteiger partial charge in [-0.05, 0) is 34.1 Å². The molecule has 0 radical (unpaired) electrons. The van der Waals surface area contributed by atoms with E-state index in [2.05, 4.69) is 44.3 Å². The Bertz CT molecular complexity index is 638. The topological polar surface area (TPSA) is 89.5 Å². The molecule has 3 fully saturated rings. The van der Waals surface area contributed by atoms with Crippen molar-refractivity contribution in [2.75, 3.05) is 19.8 Å². The molecule has 7 nitrogen and oxygen atoms in total. The fraction of sp³-hybridized carbons (Fsp3) is 0.783. The molecule has 30 heavy (non-hydrogen) atoms. The molecule has 3 aliphatic heterocycles. The summed E-state index contributed by atoms with van der Waals surface area (Å²) in [6.45, 7) is 9.69. The van der Waals surface area contributed by atoms with E-state index in [0.717, 1.165) is 25.0 Å². The molecule has 0 bridgehead atoms. The van der Waals surface area contributed by atoms with Crippen molar-refractivity contribution in [3.8, 4) is 0 Å². The van der Waals surface area contributed by atoms with E-state index >= 15 is 0 Å². The van der Waals surface area contributed by atoms with Crippen LogP contribution in [0.1, 0.15) is 59.8 Å². The molecule has 0 aromatic rings. The summed E-state index contributed by atoms with van der Waals surface area (Å²) in [5, 5.41) is 12.1. The van der Waals surface area contributed by atoms with Crippen LogP contribution in [-0.4, -0.2) is 66.6 Å². The largest absolute Gasteiger partial charge is 0.393 e. The van der Waals surface area contributed by atoms with E-state index in [1.807, 2.05) is 0 Å². The standard InChI is InChI=1S/C23H37NO6/c1-16(5-8-19-11-23(15-29-23)14-22(3,4)30-19)6-10-21-27-12-18(13-28-21)24-20(26)9-7-17(2)25/h5-6,8,17-19,21,25H,7,9-15H2,1-4H3,(H,24,26)/b8-5+,16-6+/t17?,18?,19-,21?,23-/m1/s1. The zero-order valence-electron chi connectivity index (χ0n) is 18.7. The molecule has 0 saturated carbocycles. The van der Waals surface area contributed by atoms with Gasteiger partial charge in [0.15, 0.2) is 6.29 Å². The Kier molecular flexibility index (Phi) is 7.74. The van der Waals surface area contributed by atoms with E-state index in [0.29, 0.717) is 32.5 Å². The summed E-state index contributed by atoms with van der Waals surface area (Å²) < 4.78 is 23.3. The van der Waals surface area contributed by atoms with Crippen LogP contribution in [0.25, 0.3) is 0 Å². The number of epoxide rings is 1. The van der Waals surface area contributed by atoms with Crippen molar-refractivity contribution in [2.24, 2.45) is 0 Å². The average Bonchev–Trinajstić information content (AvgIpc) is 3.40. The predicted octanol–water partition coefficient (Wildman–Crippen LogP) is 2.62. The minimum atomic E-state index is -0.470. The molecule has 3 heterocycles. The van der Waals surface area contributed by atoms with Gasteiger partial charge in [0.2, 0.25) is 5.91 Å². The van der Waals surface area contributed by atoms with E-state index in [9.17, 15) is 9.90 Å². The summed E-state index contributed by atoms with van der Waals surface area (Å²) in [4.78, 5) is 11.8. The normalized spacial score (nSPS) is 34.8. The lowest BCUT2D eigenvalue weighted by atomic mass is 9.85. The third kappa shape index (κ3) is 7.46. The van der Waals surface area contributed by atoms with Crippen LogP contribution in [0.2, 0.25) is 0 Å². The second-order valence-electron chi connectivity index (χ2n) is 9.56. The van der Waals surface area contributed by atoms with Gasteiger partial charge < -0.3 is 29.4 Å². The van der Waals surface area contributed by atoms with Gasteiger partial charge in [-0.25, -0.2) is 0 Å². The zero-order valence-corrected chi connectivity index (χ0v) is 18.7. The minimum Gasteiger partial charge on any atom is -0.393 e. The van der Waals surface area contributed by atoms with Crippen LogP contribution >= 0.6 is 0 Å². The smallest absolute Gasteiger partial charge is 0.220 e. The molecule has 0 aromatic heterocycles. The van der Waals surface area contributed by atoms with Crippen LogP contribution in [-0.2, 0) is 23.7 Å². The van der Waals surface area contributed by atoms with Crippen LogP contribution < -0.4 is 5.32 Å². The average molecular weight is 424 g/mol. The highest BCUT2D eigenvalue weighted by atomic mass is 16.7. The van der Waals surface area contributed by atoms with Crippen LogP contribution in [0.4, 0.5) is 0 Å². The van der Waals surface area contributed by atoms with Crippen molar-refractivity contribution in [3.05, 3.63) is 23.8 Å². The Hall–Kier alpha value is -1.25. The van der Waals surface area contributed by atoms with Crippen molar-refractivity contribution in [1.29, 1.82) is 0 Å². The predicted molar refractivity (Wildman–Crippen MR) is 113 cm³/mol. The maximum Gasteiger partial charge on any atom is 0.220 e. The fourth-order valence-corrected chi connectivity index (χ4v) is 4.15. The van der Waals surface area contributed by atoms with Gasteiger partial charge >= 0.3 is 0 Å². The number of aliphatic hydroxyl groups excluding tert-OH is 1. The maximum atomic E-state index is 11.8. The van der Waals surface area contributed by atoms with Crippen molar-refractivity contribution in [3.63, 3.8) is 0 Å². The first-order chi connectivity index (χ1) is 14.1. The van der Waals surface area contributed by atoms with Crippen LogP contribution in [0.5, 0.6) is 0 Å². The lowest BCUT2D eigenvalue weighted by molar-refractivity contribution is -0.188. The minimum absolute atomic E-state index is 0.0282. The highest BCUT2D eigenvalue weighted by molar-refractivity contribution is 5.76. The van der Waals surface area contributed by atoms with E-state index < -0.39 is 6.10 Å². The SMILES string of the molecule is CC(/C=C/[C@@H]1C[C@]2(CO2)CC(C)(C)O1)=C\CC1OCC(NC(=O)CCC(C)O)CO1. The summed E-state index contributed by atoms with van der Waals surface area (Å²) >= 11 is 0. The number of hydrogen-bond donors (Lipinski definition) is 2. The van der Waals surface area contributed by atoms with Gasteiger partial charge in [-0.2, -0.15) is 0 Å². The first-order valence-corrected chi connectivity index (χ1v) is 11.0. The maximum absolute atomic E-state index is 11.8. The highest BCUT2D eigenvalue weighted by Gasteiger charge is 2.53. The molecule has 3 aliphatic rings. The molecule has 3 rings (SSSR count). The van der Waals surface area contributed by atoms with E-state index in [4.69, 9.17) is 18.9 Å². The molecule has 0 aromatic carbocycles. The molecule has 3 saturated heterocycles. The lowest BCUT2D eigenvalue weighted by Crippen LogP contribution is -2.47. The number of amides is 1. The van der Waals surface area contributed by atoms with E-state index in [-0.39, 0.29) is 35.5 Å². The monoisotopic (exact) mass is 423 g/mol. The first-order valence-electron chi connectivity index (χ1n) is 11.0. The molecule has 3 atom stereocenters. The van der Waals surface area contributed by atoms with Crippen molar-refractivity contribution in [2.45, 2.75) is 95.5 Å². The van der Waals surface area contributed by atoms with Gasteiger partial charge in [-0.15, -0.1) is 0 Å². The summed E-state index contributed by atoms with van der Waals surface area (Å²) in [6.07, 6.45) is 8.90. The summed E-state index contributed by atoms with van der Waals surface area (Å²) in [6, 6.07) is -0.142. The third-order valence-corrected chi connectivity index (χ3v) is 5.67. The van der Waals surface area contributed by atoms with Gasteiger partial charge in [0.25, 0.3) is 0 Å². The zero-order chi connectivity index (χ0) is 21.8. The number of rotatable bonds is 8. The highest BCUT2D eigenvalue weighted by Crippen LogP contribution is 2.46. The van der Waals surface area contributed by atoms with Gasteiger partial charge in [0.1, 0.15) is 0 Å². The van der Waals surface area contributed by atoms with Crippen LogP contribution in [0.15, 0.2) is 23.8 Å². The Balaban J connectivity index is 1.37. The number of allylic oxidation sites excluding steroid dienone is 2. The van der Waals surface area contributed by atoms with Crippen molar-refractivity contribution in [1.82, 2.24) is 5.32 Å². The summed E-state index contributed by atoms with van der Waals surface area (Å²) in [7, 11) is 0. The first kappa shape index (κ1) is 23.4. The molecule has 1 unspecified atom stereocenters. The Morgan fingerprint density at radius 3 is 2.63 bits per heavy atom. The summed E-state index contributed by atoms with van der Waals surface area (Å²) in [5.74, 6) is -0.0843. The molecule has 170 valence electrons. The quantitative estimate of drug-likeness (QED) is 0.461. The van der Waals surface area contributed by atoms with Gasteiger partial charge in [-0.3, -0.25) is 4.79 Å². The van der Waals surface area contributed by atoms with Gasteiger partial charge in [0.05, 0.1) is 49.3 Å².